The van der Waals surface area contributed by atoms with Gasteiger partial charge in [-0.25, -0.2) is 8.78 Å². The van der Waals surface area contributed by atoms with Crippen LogP contribution in [0.4, 0.5) is 8.78 Å². The summed E-state index contributed by atoms with van der Waals surface area (Å²) in [7, 11) is 0. The summed E-state index contributed by atoms with van der Waals surface area (Å²) < 4.78 is 30.2. The van der Waals surface area contributed by atoms with Gasteiger partial charge in [-0.1, -0.05) is 30.3 Å². The molecule has 0 saturated carbocycles. The van der Waals surface area contributed by atoms with Crippen LogP contribution >= 0.6 is 0 Å². The number of hydrogen-bond donors (Lipinski definition) is 1. The molecule has 1 fully saturated rings. The monoisotopic (exact) mass is 227 g/mol. The van der Waals surface area contributed by atoms with E-state index in [-0.39, 0.29) is 12.6 Å². The van der Waals surface area contributed by atoms with Crippen molar-refractivity contribution in [3.63, 3.8) is 0 Å². The number of benzene rings is 1. The molecule has 0 radical (unpaired) electrons. The Kier molecular flexibility index (Phi) is 3.85. The van der Waals surface area contributed by atoms with E-state index in [4.69, 9.17) is 4.74 Å². The number of ether oxygens (including phenoxy) is 1. The van der Waals surface area contributed by atoms with E-state index in [1.807, 2.05) is 30.3 Å². The molecule has 0 aliphatic carbocycles. The van der Waals surface area contributed by atoms with Gasteiger partial charge >= 0.3 is 0 Å². The lowest BCUT2D eigenvalue weighted by Gasteiger charge is -2.30. The Bertz CT molecular complexity index is 318. The number of halogens is 2. The van der Waals surface area contributed by atoms with Crippen LogP contribution in [0.3, 0.4) is 0 Å². The molecule has 4 heteroatoms. The van der Waals surface area contributed by atoms with Gasteiger partial charge in [-0.2, -0.15) is 0 Å². The van der Waals surface area contributed by atoms with E-state index in [0.29, 0.717) is 6.61 Å². The first-order valence-corrected chi connectivity index (χ1v) is 5.41. The highest BCUT2D eigenvalue weighted by molar-refractivity contribution is 5.16. The average Bonchev–Trinajstić information content (AvgIpc) is 2.30. The summed E-state index contributed by atoms with van der Waals surface area (Å²) in [6, 6.07) is 8.97. The van der Waals surface area contributed by atoms with Gasteiger partial charge in [0.25, 0.3) is 6.43 Å². The van der Waals surface area contributed by atoms with Crippen molar-refractivity contribution >= 4 is 0 Å². The highest BCUT2D eigenvalue weighted by atomic mass is 19.3. The van der Waals surface area contributed by atoms with E-state index < -0.39 is 12.5 Å². The fourth-order valence-electron chi connectivity index (χ4n) is 1.90. The third-order valence-electron chi connectivity index (χ3n) is 2.70. The zero-order valence-corrected chi connectivity index (χ0v) is 8.90. The topological polar surface area (TPSA) is 21.3 Å². The fourth-order valence-corrected chi connectivity index (χ4v) is 1.90. The SMILES string of the molecule is FC(F)C1COCC(Cc2ccccc2)N1. The van der Waals surface area contributed by atoms with Gasteiger partial charge in [0.2, 0.25) is 0 Å². The fraction of sp³-hybridized carbons (Fsp3) is 0.500. The summed E-state index contributed by atoms with van der Waals surface area (Å²) in [5, 5.41) is 2.93. The summed E-state index contributed by atoms with van der Waals surface area (Å²) in [4.78, 5) is 0. The largest absolute Gasteiger partial charge is 0.378 e. The lowest BCUT2D eigenvalue weighted by molar-refractivity contribution is -0.0169. The van der Waals surface area contributed by atoms with Crippen LogP contribution in [0.5, 0.6) is 0 Å². The van der Waals surface area contributed by atoms with Crippen molar-refractivity contribution in [3.8, 4) is 0 Å². The predicted molar refractivity (Wildman–Crippen MR) is 57.7 cm³/mol. The maximum atomic E-state index is 12.5. The Balaban J connectivity index is 1.90. The van der Waals surface area contributed by atoms with E-state index in [0.717, 1.165) is 12.0 Å². The lowest BCUT2D eigenvalue weighted by atomic mass is 10.0. The number of nitrogens with one attached hydrogen (secondary N) is 1. The van der Waals surface area contributed by atoms with Crippen LogP contribution < -0.4 is 5.32 Å². The number of morpholine rings is 1. The Morgan fingerprint density at radius 1 is 1.25 bits per heavy atom. The first-order valence-electron chi connectivity index (χ1n) is 5.41. The summed E-state index contributed by atoms with van der Waals surface area (Å²) in [5.74, 6) is 0. The van der Waals surface area contributed by atoms with E-state index in [9.17, 15) is 8.78 Å². The second-order valence-corrected chi connectivity index (χ2v) is 4.03. The van der Waals surface area contributed by atoms with Gasteiger partial charge in [0.1, 0.15) is 0 Å². The molecule has 1 aromatic carbocycles. The third kappa shape index (κ3) is 3.00. The Hall–Kier alpha value is -1.00. The Labute approximate surface area is 93.6 Å². The molecule has 16 heavy (non-hydrogen) atoms. The molecule has 1 heterocycles. The van der Waals surface area contributed by atoms with E-state index in [2.05, 4.69) is 5.32 Å². The highest BCUT2D eigenvalue weighted by Gasteiger charge is 2.28. The molecule has 1 aliphatic heterocycles. The number of rotatable bonds is 3. The Morgan fingerprint density at radius 3 is 2.69 bits per heavy atom. The van der Waals surface area contributed by atoms with E-state index >= 15 is 0 Å². The van der Waals surface area contributed by atoms with E-state index in [1.165, 1.54) is 0 Å². The molecule has 0 spiro atoms. The number of alkyl halides is 2. The molecule has 2 unspecified atom stereocenters. The molecular formula is C12H15F2NO. The van der Waals surface area contributed by atoms with Crippen LogP contribution in [0, 0.1) is 0 Å². The van der Waals surface area contributed by atoms with Gasteiger partial charge in [-0.05, 0) is 12.0 Å². The second kappa shape index (κ2) is 5.37. The highest BCUT2D eigenvalue weighted by Crippen LogP contribution is 2.11. The van der Waals surface area contributed by atoms with Crippen LogP contribution in [-0.4, -0.2) is 31.7 Å². The van der Waals surface area contributed by atoms with Crippen LogP contribution in [0.2, 0.25) is 0 Å². The lowest BCUT2D eigenvalue weighted by Crippen LogP contribution is -2.52. The van der Waals surface area contributed by atoms with Gasteiger partial charge < -0.3 is 10.1 Å². The molecule has 0 bridgehead atoms. The number of hydrogen-bond acceptors (Lipinski definition) is 2. The summed E-state index contributed by atoms with van der Waals surface area (Å²) >= 11 is 0. The molecule has 1 N–H and O–H groups in total. The van der Waals surface area contributed by atoms with Crippen molar-refractivity contribution in [2.24, 2.45) is 0 Å². The molecule has 0 amide bonds. The maximum Gasteiger partial charge on any atom is 0.255 e. The van der Waals surface area contributed by atoms with Crippen molar-refractivity contribution in [2.75, 3.05) is 13.2 Å². The molecule has 1 saturated heterocycles. The Morgan fingerprint density at radius 2 is 2.00 bits per heavy atom. The average molecular weight is 227 g/mol. The van der Waals surface area contributed by atoms with Crippen molar-refractivity contribution in [1.82, 2.24) is 5.32 Å². The molecule has 0 aromatic heterocycles. The minimum atomic E-state index is -2.36. The molecule has 2 rings (SSSR count). The predicted octanol–water partition coefficient (Wildman–Crippen LogP) is 1.85. The van der Waals surface area contributed by atoms with E-state index in [1.54, 1.807) is 0 Å². The van der Waals surface area contributed by atoms with Crippen molar-refractivity contribution < 1.29 is 13.5 Å². The summed E-state index contributed by atoms with van der Waals surface area (Å²) in [6.07, 6.45) is -1.64. The van der Waals surface area contributed by atoms with Crippen molar-refractivity contribution in [3.05, 3.63) is 35.9 Å². The van der Waals surface area contributed by atoms with Crippen LogP contribution in [0.25, 0.3) is 0 Å². The molecule has 2 atom stereocenters. The summed E-state index contributed by atoms with van der Waals surface area (Å²) in [6.45, 7) is 0.598. The third-order valence-corrected chi connectivity index (χ3v) is 2.70. The molecule has 1 aliphatic rings. The zero-order chi connectivity index (χ0) is 11.4. The second-order valence-electron chi connectivity index (χ2n) is 4.03. The van der Waals surface area contributed by atoms with Gasteiger partial charge in [0, 0.05) is 6.04 Å². The molecular weight excluding hydrogens is 212 g/mol. The van der Waals surface area contributed by atoms with Gasteiger partial charge in [0.05, 0.1) is 19.3 Å². The molecule has 88 valence electrons. The van der Waals surface area contributed by atoms with Gasteiger partial charge in [-0.15, -0.1) is 0 Å². The van der Waals surface area contributed by atoms with Crippen LogP contribution in [0.15, 0.2) is 30.3 Å². The normalized spacial score (nSPS) is 25.9. The summed E-state index contributed by atoms with van der Waals surface area (Å²) in [5.41, 5.74) is 1.14. The maximum absolute atomic E-state index is 12.5. The molecule has 1 aromatic rings. The quantitative estimate of drug-likeness (QED) is 0.851. The minimum absolute atomic E-state index is 0.0184. The molecule has 2 nitrogen and oxygen atoms in total. The zero-order valence-electron chi connectivity index (χ0n) is 8.90. The van der Waals surface area contributed by atoms with Gasteiger partial charge in [-0.3, -0.25) is 0 Å². The van der Waals surface area contributed by atoms with Crippen LogP contribution in [0.1, 0.15) is 5.56 Å². The van der Waals surface area contributed by atoms with Gasteiger partial charge in [0.15, 0.2) is 0 Å². The smallest absolute Gasteiger partial charge is 0.255 e. The first kappa shape index (κ1) is 11.5. The first-order chi connectivity index (χ1) is 7.75. The van der Waals surface area contributed by atoms with Crippen molar-refractivity contribution in [2.45, 2.75) is 24.9 Å². The van der Waals surface area contributed by atoms with Crippen LogP contribution in [-0.2, 0) is 11.2 Å². The minimum Gasteiger partial charge on any atom is -0.378 e. The van der Waals surface area contributed by atoms with Crippen molar-refractivity contribution in [1.29, 1.82) is 0 Å². The standard InChI is InChI=1S/C12H15F2NO/c13-12(14)11-8-16-7-10(15-11)6-9-4-2-1-3-5-9/h1-5,10-12,15H,6-8H2.